The maximum atomic E-state index is 12.3. The number of hydrogen-bond acceptors (Lipinski definition) is 5. The lowest BCUT2D eigenvalue weighted by Gasteiger charge is -2.18. The maximum absolute atomic E-state index is 12.3. The zero-order chi connectivity index (χ0) is 17.3. The molecule has 0 aromatic heterocycles. The first-order chi connectivity index (χ1) is 11.4. The molecule has 0 fully saturated rings. The molecule has 1 aliphatic heterocycles. The average molecular weight is 387 g/mol. The molecule has 9 heteroatoms. The highest BCUT2D eigenvalue weighted by molar-refractivity contribution is 7.90. The molecule has 0 bridgehead atoms. The number of benzene rings is 2. The van der Waals surface area contributed by atoms with E-state index in [0.717, 1.165) is 0 Å². The van der Waals surface area contributed by atoms with Crippen molar-refractivity contribution in [2.45, 2.75) is 4.90 Å². The second-order valence-corrected chi connectivity index (χ2v) is 7.25. The number of nitrogens with zero attached hydrogens (tertiary/aromatic N) is 1. The van der Waals surface area contributed by atoms with Crippen LogP contribution < -0.4 is 14.6 Å². The van der Waals surface area contributed by atoms with Gasteiger partial charge in [0.15, 0.2) is 11.5 Å². The van der Waals surface area contributed by atoms with Gasteiger partial charge in [-0.25, -0.2) is 0 Å². The minimum Gasteiger partial charge on any atom is -0.858 e. The average Bonchev–Trinajstić information content (AvgIpc) is 2.53. The van der Waals surface area contributed by atoms with Crippen LogP contribution in [0.25, 0.3) is 0 Å². The summed E-state index contributed by atoms with van der Waals surface area (Å²) in [6, 6.07) is 8.09. The molecule has 0 saturated heterocycles. The lowest BCUT2D eigenvalue weighted by molar-refractivity contribution is -0.212. The minimum atomic E-state index is -4.22. The quantitative estimate of drug-likeness (QED) is 0.596. The Labute approximate surface area is 148 Å². The molecule has 2 aromatic rings. The van der Waals surface area contributed by atoms with Crippen LogP contribution in [0.1, 0.15) is 5.56 Å². The summed E-state index contributed by atoms with van der Waals surface area (Å²) in [7, 11) is -4.22. The van der Waals surface area contributed by atoms with Crippen molar-refractivity contribution in [1.29, 1.82) is 0 Å². The summed E-state index contributed by atoms with van der Waals surface area (Å²) in [5.41, 5.74) is -0.0535. The monoisotopic (exact) mass is 386 g/mol. The van der Waals surface area contributed by atoms with Crippen molar-refractivity contribution in [3.8, 4) is 11.5 Å². The number of hydrogen-bond donors (Lipinski definition) is 0. The molecule has 0 atom stereocenters. The molecule has 3 rings (SSSR count). The lowest BCUT2D eigenvalue weighted by atomic mass is 10.2. The highest BCUT2D eigenvalue weighted by atomic mass is 35.5. The molecule has 0 N–H and O–H groups in total. The molecule has 0 aliphatic carbocycles. The zero-order valence-electron chi connectivity index (χ0n) is 12.0. The van der Waals surface area contributed by atoms with E-state index in [4.69, 9.17) is 32.7 Å². The second kappa shape index (κ2) is 6.51. The van der Waals surface area contributed by atoms with Gasteiger partial charge in [-0.05, 0) is 24.3 Å². The van der Waals surface area contributed by atoms with Crippen molar-refractivity contribution in [2.75, 3.05) is 13.2 Å². The van der Waals surface area contributed by atoms with Crippen LogP contribution >= 0.6 is 23.2 Å². The predicted octanol–water partition coefficient (Wildman–Crippen LogP) is 2.26. The van der Waals surface area contributed by atoms with Gasteiger partial charge in [-0.1, -0.05) is 29.3 Å². The third-order valence-corrected chi connectivity index (χ3v) is 4.98. The van der Waals surface area contributed by atoms with Gasteiger partial charge in [-0.3, -0.25) is 0 Å². The molecule has 24 heavy (non-hydrogen) atoms. The summed E-state index contributed by atoms with van der Waals surface area (Å²) in [5, 5.41) is 12.5. The fourth-order valence-electron chi connectivity index (χ4n) is 2.06. The third kappa shape index (κ3) is 3.43. The summed E-state index contributed by atoms with van der Waals surface area (Å²) in [5.74, 6) is -0.256. The van der Waals surface area contributed by atoms with Crippen LogP contribution in [0.2, 0.25) is 10.0 Å². The van der Waals surface area contributed by atoms with Crippen molar-refractivity contribution in [2.24, 2.45) is 4.40 Å². The van der Waals surface area contributed by atoms with Gasteiger partial charge in [-0.15, -0.1) is 0 Å². The van der Waals surface area contributed by atoms with E-state index < -0.39 is 15.9 Å². The van der Waals surface area contributed by atoms with E-state index in [2.05, 4.69) is 4.40 Å². The molecular weight excluding hydrogens is 377 g/mol. The van der Waals surface area contributed by atoms with E-state index in [-0.39, 0.29) is 21.2 Å². The van der Waals surface area contributed by atoms with Crippen LogP contribution in [0, 0.1) is 0 Å². The molecule has 126 valence electrons. The van der Waals surface area contributed by atoms with Gasteiger partial charge in [0.25, 0.3) is 10.0 Å². The molecule has 1 aliphatic rings. The summed E-state index contributed by atoms with van der Waals surface area (Å²) >= 11 is 11.6. The van der Waals surface area contributed by atoms with Gasteiger partial charge in [0.2, 0.25) is 0 Å². The predicted molar refractivity (Wildman–Crippen MR) is 87.6 cm³/mol. The first-order valence-corrected chi connectivity index (χ1v) is 8.93. The minimum absolute atomic E-state index is 0.0219. The van der Waals surface area contributed by atoms with Gasteiger partial charge in [0, 0.05) is 22.6 Å². The van der Waals surface area contributed by atoms with E-state index in [0.29, 0.717) is 24.0 Å². The van der Waals surface area contributed by atoms with E-state index in [1.165, 1.54) is 36.4 Å². The highest BCUT2D eigenvalue weighted by Crippen LogP contribution is 2.33. The summed E-state index contributed by atoms with van der Waals surface area (Å²) in [6.45, 7) is 0.698. The molecule has 2 aromatic carbocycles. The van der Waals surface area contributed by atoms with E-state index >= 15 is 0 Å². The number of rotatable bonds is 3. The Balaban J connectivity index is 1.98. The van der Waals surface area contributed by atoms with Crippen LogP contribution in [0.3, 0.4) is 0 Å². The normalized spacial score (nSPS) is 14.5. The Morgan fingerprint density at radius 2 is 1.75 bits per heavy atom. The van der Waals surface area contributed by atoms with Crippen LogP contribution in [-0.4, -0.2) is 27.5 Å². The molecule has 0 spiro atoms. The molecule has 0 saturated carbocycles. The van der Waals surface area contributed by atoms with Crippen LogP contribution in [0.15, 0.2) is 45.7 Å². The first kappa shape index (κ1) is 16.9. The highest BCUT2D eigenvalue weighted by Gasteiger charge is 2.19. The van der Waals surface area contributed by atoms with Crippen LogP contribution in [-0.2, 0) is 10.0 Å². The van der Waals surface area contributed by atoms with Gasteiger partial charge in [-0.2, -0.15) is 12.8 Å². The van der Waals surface area contributed by atoms with Crippen molar-refractivity contribution in [1.82, 2.24) is 0 Å². The molecule has 1 heterocycles. The van der Waals surface area contributed by atoms with Gasteiger partial charge in [0.05, 0.1) is 9.92 Å². The fourth-order valence-corrected chi connectivity index (χ4v) is 3.47. The van der Waals surface area contributed by atoms with E-state index in [9.17, 15) is 13.5 Å². The molecule has 0 radical (unpaired) electrons. The molecule has 0 amide bonds. The summed E-state index contributed by atoms with van der Waals surface area (Å²) < 4.78 is 38.6. The van der Waals surface area contributed by atoms with Crippen molar-refractivity contribution >= 4 is 39.1 Å². The van der Waals surface area contributed by atoms with E-state index in [1.54, 1.807) is 0 Å². The topological polar surface area (TPSA) is 88.0 Å². The van der Waals surface area contributed by atoms with Crippen molar-refractivity contribution in [3.63, 3.8) is 0 Å². The Kier molecular flexibility index (Phi) is 4.58. The number of halogens is 2. The Morgan fingerprint density at radius 1 is 1.04 bits per heavy atom. The smallest absolute Gasteiger partial charge is 0.281 e. The van der Waals surface area contributed by atoms with E-state index in [1.807, 2.05) is 0 Å². The number of sulfonamides is 1. The third-order valence-electron chi connectivity index (χ3n) is 3.18. The second-order valence-electron chi connectivity index (χ2n) is 4.80. The molecule has 6 nitrogen and oxygen atoms in total. The summed E-state index contributed by atoms with van der Waals surface area (Å²) in [6.07, 6.45) is 0. The van der Waals surface area contributed by atoms with Crippen molar-refractivity contribution in [3.05, 3.63) is 52.0 Å². The summed E-state index contributed by atoms with van der Waals surface area (Å²) in [4.78, 5) is -0.176. The lowest BCUT2D eigenvalue weighted by Crippen LogP contribution is -2.21. The number of fused-ring (bicyclic) bond motifs is 1. The molecule has 0 unspecified atom stereocenters. The zero-order valence-corrected chi connectivity index (χ0v) is 14.4. The van der Waals surface area contributed by atoms with Crippen LogP contribution in [0.4, 0.5) is 0 Å². The van der Waals surface area contributed by atoms with Gasteiger partial charge >= 0.3 is 0 Å². The van der Waals surface area contributed by atoms with Gasteiger partial charge < -0.3 is 14.6 Å². The fraction of sp³-hybridized carbons (Fsp3) is 0.133. The SMILES string of the molecule is O=S(=O)(N=C([O-])c1ccc(Cl)cc1Cl)c1ccc2c(c1)OCCO2. The largest absolute Gasteiger partial charge is 0.858 e. The Hall–Kier alpha value is -1.96. The van der Waals surface area contributed by atoms with Gasteiger partial charge in [0.1, 0.15) is 13.2 Å². The Morgan fingerprint density at radius 3 is 2.46 bits per heavy atom. The van der Waals surface area contributed by atoms with Crippen LogP contribution in [0.5, 0.6) is 11.5 Å². The Bertz CT molecular complexity index is 927. The maximum Gasteiger partial charge on any atom is 0.281 e. The van der Waals surface area contributed by atoms with Crippen molar-refractivity contribution < 1.29 is 23.0 Å². The standard InChI is InChI=1S/C15H11Cl2NO5S/c16-9-1-3-11(12(17)7-9)15(19)18-24(20,21)10-2-4-13-14(8-10)23-6-5-22-13/h1-4,7-8H,5-6H2,(H,18,19)/p-1. The first-order valence-electron chi connectivity index (χ1n) is 6.74. The molecular formula is C15H10Cl2NO5S-. The number of ether oxygens (including phenoxy) is 2.